The van der Waals surface area contributed by atoms with E-state index in [1.807, 2.05) is 43.1 Å². The number of hydrogen-bond acceptors (Lipinski definition) is 4. The first-order valence-electron chi connectivity index (χ1n) is 6.96. The zero-order chi connectivity index (χ0) is 15.0. The lowest BCUT2D eigenvalue weighted by Crippen LogP contribution is -2.39. The van der Waals surface area contributed by atoms with Crippen LogP contribution in [0, 0.1) is 0 Å². The number of rotatable bonds is 8. The van der Waals surface area contributed by atoms with Crippen LogP contribution in [0.15, 0.2) is 24.3 Å². The summed E-state index contributed by atoms with van der Waals surface area (Å²) < 4.78 is 5.38. The van der Waals surface area contributed by atoms with Crippen LogP contribution >= 0.6 is 0 Å². The molecule has 0 aliphatic carbocycles. The summed E-state index contributed by atoms with van der Waals surface area (Å²) >= 11 is 0. The van der Waals surface area contributed by atoms with Crippen LogP contribution in [-0.2, 0) is 4.79 Å². The first-order valence-corrected chi connectivity index (χ1v) is 6.96. The molecule has 0 saturated carbocycles. The largest absolute Gasteiger partial charge is 0.495 e. The summed E-state index contributed by atoms with van der Waals surface area (Å²) in [5, 5.41) is 0. The summed E-state index contributed by atoms with van der Waals surface area (Å²) in [4.78, 5) is 15.9. The second kappa shape index (κ2) is 8.43. The standard InChI is InChI=1S/C15H25N3O2/c1-4-17(2)15(19)12-18(11-7-10-16)13-8-5-6-9-14(13)20-3/h5-6,8-9H,4,7,10-12,16H2,1-3H3. The average Bonchev–Trinajstić information content (AvgIpc) is 2.50. The quantitative estimate of drug-likeness (QED) is 0.780. The molecule has 0 fully saturated rings. The topological polar surface area (TPSA) is 58.8 Å². The number of carbonyl (C=O) groups is 1. The molecule has 1 rings (SSSR count). The molecule has 1 aromatic rings. The Balaban J connectivity index is 2.90. The molecule has 0 aromatic heterocycles. The highest BCUT2D eigenvalue weighted by molar-refractivity contribution is 5.82. The molecule has 0 spiro atoms. The summed E-state index contributed by atoms with van der Waals surface area (Å²) in [5.74, 6) is 0.868. The Kier molecular flexibility index (Phi) is 6.87. The average molecular weight is 279 g/mol. The van der Waals surface area contributed by atoms with Gasteiger partial charge in [0.25, 0.3) is 0 Å². The number of anilines is 1. The summed E-state index contributed by atoms with van der Waals surface area (Å²) in [7, 11) is 3.45. The van der Waals surface area contributed by atoms with Gasteiger partial charge in [-0.1, -0.05) is 12.1 Å². The van der Waals surface area contributed by atoms with Crippen LogP contribution in [0.3, 0.4) is 0 Å². The maximum Gasteiger partial charge on any atom is 0.241 e. The van der Waals surface area contributed by atoms with Crippen LogP contribution in [0.1, 0.15) is 13.3 Å². The molecule has 0 radical (unpaired) electrons. The van der Waals surface area contributed by atoms with Crippen molar-refractivity contribution in [1.29, 1.82) is 0 Å². The number of likely N-dealkylation sites (N-methyl/N-ethyl adjacent to an activating group) is 1. The predicted octanol–water partition coefficient (Wildman–Crippen LogP) is 1.33. The number of amides is 1. The number of methoxy groups -OCH3 is 1. The van der Waals surface area contributed by atoms with E-state index in [2.05, 4.69) is 0 Å². The zero-order valence-electron chi connectivity index (χ0n) is 12.6. The van der Waals surface area contributed by atoms with E-state index < -0.39 is 0 Å². The highest BCUT2D eigenvalue weighted by atomic mass is 16.5. The van der Waals surface area contributed by atoms with E-state index in [4.69, 9.17) is 10.5 Å². The molecule has 0 atom stereocenters. The van der Waals surface area contributed by atoms with Crippen molar-refractivity contribution in [2.24, 2.45) is 5.73 Å². The van der Waals surface area contributed by atoms with E-state index in [1.165, 1.54) is 0 Å². The molecular weight excluding hydrogens is 254 g/mol. The van der Waals surface area contributed by atoms with Crippen molar-refractivity contribution in [3.8, 4) is 5.75 Å². The third kappa shape index (κ3) is 4.42. The van der Waals surface area contributed by atoms with Crippen LogP contribution in [-0.4, -0.2) is 51.1 Å². The van der Waals surface area contributed by atoms with Crippen LogP contribution in [0.4, 0.5) is 5.69 Å². The smallest absolute Gasteiger partial charge is 0.241 e. The molecule has 5 heteroatoms. The van der Waals surface area contributed by atoms with Gasteiger partial charge in [0.15, 0.2) is 0 Å². The first kappa shape index (κ1) is 16.3. The zero-order valence-corrected chi connectivity index (χ0v) is 12.6. The summed E-state index contributed by atoms with van der Waals surface area (Å²) in [6, 6.07) is 7.73. The lowest BCUT2D eigenvalue weighted by molar-refractivity contribution is -0.128. The van der Waals surface area contributed by atoms with Crippen LogP contribution in [0.25, 0.3) is 0 Å². The van der Waals surface area contributed by atoms with Gasteiger partial charge in [0, 0.05) is 20.1 Å². The Labute approximate surface area is 121 Å². The molecule has 20 heavy (non-hydrogen) atoms. The molecule has 5 nitrogen and oxygen atoms in total. The van der Waals surface area contributed by atoms with Crippen LogP contribution in [0.5, 0.6) is 5.75 Å². The van der Waals surface area contributed by atoms with Gasteiger partial charge in [-0.15, -0.1) is 0 Å². The SMILES string of the molecule is CCN(C)C(=O)CN(CCCN)c1ccccc1OC. The highest BCUT2D eigenvalue weighted by Gasteiger charge is 2.16. The van der Waals surface area contributed by atoms with Gasteiger partial charge >= 0.3 is 0 Å². The van der Waals surface area contributed by atoms with Crippen molar-refractivity contribution in [3.05, 3.63) is 24.3 Å². The van der Waals surface area contributed by atoms with Crippen molar-refractivity contribution >= 4 is 11.6 Å². The Morgan fingerprint density at radius 3 is 2.65 bits per heavy atom. The highest BCUT2D eigenvalue weighted by Crippen LogP contribution is 2.27. The molecule has 112 valence electrons. The van der Waals surface area contributed by atoms with Gasteiger partial charge < -0.3 is 20.3 Å². The van der Waals surface area contributed by atoms with E-state index in [0.717, 1.165) is 24.4 Å². The molecular formula is C15H25N3O2. The molecule has 1 amide bonds. The van der Waals surface area contributed by atoms with Crippen LogP contribution in [0.2, 0.25) is 0 Å². The van der Waals surface area contributed by atoms with Crippen molar-refractivity contribution in [2.45, 2.75) is 13.3 Å². The number of nitrogens with zero attached hydrogens (tertiary/aromatic N) is 2. The second-order valence-corrected chi connectivity index (χ2v) is 4.64. The number of ether oxygens (including phenoxy) is 1. The van der Waals surface area contributed by atoms with Gasteiger partial charge in [-0.3, -0.25) is 4.79 Å². The van der Waals surface area contributed by atoms with E-state index in [1.54, 1.807) is 12.0 Å². The lowest BCUT2D eigenvalue weighted by atomic mass is 10.2. The van der Waals surface area contributed by atoms with Gasteiger partial charge in [-0.05, 0) is 32.0 Å². The number of carbonyl (C=O) groups excluding carboxylic acids is 1. The predicted molar refractivity (Wildman–Crippen MR) is 82.2 cm³/mol. The van der Waals surface area contributed by atoms with Gasteiger partial charge in [0.1, 0.15) is 5.75 Å². The van der Waals surface area contributed by atoms with E-state index in [9.17, 15) is 4.79 Å². The van der Waals surface area contributed by atoms with Gasteiger partial charge in [-0.2, -0.15) is 0 Å². The van der Waals surface area contributed by atoms with Gasteiger partial charge in [0.2, 0.25) is 5.91 Å². The fourth-order valence-electron chi connectivity index (χ4n) is 1.92. The number of benzene rings is 1. The molecule has 0 aliphatic rings. The fourth-order valence-corrected chi connectivity index (χ4v) is 1.92. The second-order valence-electron chi connectivity index (χ2n) is 4.64. The Hall–Kier alpha value is -1.75. The van der Waals surface area contributed by atoms with Gasteiger partial charge in [-0.25, -0.2) is 0 Å². The lowest BCUT2D eigenvalue weighted by Gasteiger charge is -2.27. The fraction of sp³-hybridized carbons (Fsp3) is 0.533. The van der Waals surface area contributed by atoms with Crippen molar-refractivity contribution in [2.75, 3.05) is 45.2 Å². The summed E-state index contributed by atoms with van der Waals surface area (Å²) in [6.07, 6.45) is 0.834. The molecule has 0 heterocycles. The molecule has 0 aliphatic heterocycles. The molecule has 1 aromatic carbocycles. The van der Waals surface area contributed by atoms with Crippen LogP contribution < -0.4 is 15.4 Å². The van der Waals surface area contributed by atoms with E-state index in [-0.39, 0.29) is 5.91 Å². The minimum atomic E-state index is 0.0930. The van der Waals surface area contributed by atoms with Crippen molar-refractivity contribution in [3.63, 3.8) is 0 Å². The number of nitrogens with two attached hydrogens (primary N) is 1. The number of hydrogen-bond donors (Lipinski definition) is 1. The molecule has 0 unspecified atom stereocenters. The first-order chi connectivity index (χ1) is 9.63. The minimum Gasteiger partial charge on any atom is -0.495 e. The maximum absolute atomic E-state index is 12.1. The van der Waals surface area contributed by atoms with E-state index in [0.29, 0.717) is 19.6 Å². The third-order valence-corrected chi connectivity index (χ3v) is 3.28. The summed E-state index contributed by atoms with van der Waals surface area (Å²) in [5.41, 5.74) is 6.52. The molecule has 0 saturated heterocycles. The maximum atomic E-state index is 12.1. The molecule has 0 bridgehead atoms. The van der Waals surface area contributed by atoms with Gasteiger partial charge in [0.05, 0.1) is 19.3 Å². The van der Waals surface area contributed by atoms with E-state index >= 15 is 0 Å². The Morgan fingerprint density at radius 1 is 1.35 bits per heavy atom. The van der Waals surface area contributed by atoms with Crippen molar-refractivity contribution < 1.29 is 9.53 Å². The Bertz CT molecular complexity index is 423. The third-order valence-electron chi connectivity index (χ3n) is 3.28. The monoisotopic (exact) mass is 279 g/mol. The summed E-state index contributed by atoms with van der Waals surface area (Å²) in [6.45, 7) is 4.34. The number of para-hydroxylation sites is 2. The van der Waals surface area contributed by atoms with Crippen molar-refractivity contribution in [1.82, 2.24) is 4.90 Å². The minimum absolute atomic E-state index is 0.0930. The molecule has 2 N–H and O–H groups in total. The Morgan fingerprint density at radius 2 is 2.05 bits per heavy atom. The normalized spacial score (nSPS) is 10.2.